The van der Waals surface area contributed by atoms with Crippen LogP contribution in [0.25, 0.3) is 43.6 Å². The lowest BCUT2D eigenvalue weighted by molar-refractivity contribution is -0.383. The molecule has 246 valence electrons. The van der Waals surface area contributed by atoms with E-state index in [1.807, 2.05) is 60.7 Å². The Morgan fingerprint density at radius 1 is 0.479 bits per heavy atom. The largest absolute Gasteiger partial charge is 0.384 e. The first-order valence-corrected chi connectivity index (χ1v) is 16.3. The molecule has 12 nitrogen and oxygen atoms in total. The summed E-state index contributed by atoms with van der Waals surface area (Å²) in [5.41, 5.74) is 4.45. The Morgan fingerprint density at radius 3 is 1.31 bits per heavy atom. The molecule has 4 N–H and O–H groups in total. The molecule has 0 atom stereocenters. The van der Waals surface area contributed by atoms with E-state index in [2.05, 4.69) is 31.2 Å². The zero-order valence-corrected chi connectivity index (χ0v) is 26.6. The molecule has 4 aromatic carbocycles. The Labute approximate surface area is 277 Å². The summed E-state index contributed by atoms with van der Waals surface area (Å²) in [6, 6.07) is 25.5. The van der Waals surface area contributed by atoms with Gasteiger partial charge in [-0.05, 0) is 76.1 Å². The average molecular weight is 647 g/mol. The van der Waals surface area contributed by atoms with Crippen molar-refractivity contribution in [2.75, 3.05) is 49.9 Å². The zero-order valence-electron chi connectivity index (χ0n) is 26.6. The van der Waals surface area contributed by atoms with Crippen LogP contribution in [0.15, 0.2) is 84.9 Å². The summed E-state index contributed by atoms with van der Waals surface area (Å²) in [4.78, 5) is 32.1. The van der Waals surface area contributed by atoms with Gasteiger partial charge in [0.05, 0.1) is 43.3 Å². The van der Waals surface area contributed by atoms with Gasteiger partial charge < -0.3 is 21.3 Å². The lowest BCUT2D eigenvalue weighted by Crippen LogP contribution is -2.22. The second kappa shape index (κ2) is 15.4. The number of unbranched alkanes of at least 4 members (excludes halogenated alkanes) is 1. The van der Waals surface area contributed by atoms with Crippen LogP contribution in [0.5, 0.6) is 0 Å². The first kappa shape index (κ1) is 32.5. The van der Waals surface area contributed by atoms with Crippen LogP contribution < -0.4 is 21.3 Å². The molecule has 48 heavy (non-hydrogen) atoms. The average Bonchev–Trinajstić information content (AvgIpc) is 3.10. The molecule has 0 saturated carbocycles. The van der Waals surface area contributed by atoms with Gasteiger partial charge in [0, 0.05) is 36.0 Å². The number of hydrogen-bond acceptors (Lipinski definition) is 10. The molecule has 0 fully saturated rings. The van der Waals surface area contributed by atoms with Crippen LogP contribution in [-0.2, 0) is 0 Å². The third-order valence-electron chi connectivity index (χ3n) is 8.38. The second-order valence-electron chi connectivity index (χ2n) is 11.6. The Hall–Kier alpha value is -5.46. The van der Waals surface area contributed by atoms with Crippen LogP contribution >= 0.6 is 0 Å². The fraction of sp³-hybridized carbons (Fsp3) is 0.278. The van der Waals surface area contributed by atoms with Gasteiger partial charge in [-0.1, -0.05) is 48.5 Å². The van der Waals surface area contributed by atoms with Crippen molar-refractivity contribution >= 4 is 66.4 Å². The number of hydrogen-bond donors (Lipinski definition) is 4. The molecule has 0 aliphatic carbocycles. The van der Waals surface area contributed by atoms with Crippen molar-refractivity contribution in [1.82, 2.24) is 20.6 Å². The van der Waals surface area contributed by atoms with Crippen LogP contribution in [0.1, 0.15) is 25.7 Å². The standard InChI is InChI=1S/C36H38N8O4/c45-43(46)31-17-7-15-29-33(31)35(25-11-1-3-13-27(25)41-29)39-23-9-21-37-19-5-6-20-38-22-10-24-40-36-26-12-2-4-14-28(26)42-30-16-8-18-32(34(30)36)44(47)48/h1-4,7-8,11-18,37-38H,5-6,9-10,19-24H2,(H,39,41)(H,40,42). The number of nitrogens with zero attached hydrogens (tertiary/aromatic N) is 4. The number of pyridine rings is 2. The smallest absolute Gasteiger partial charge is 0.280 e. The summed E-state index contributed by atoms with van der Waals surface area (Å²) < 4.78 is 0. The van der Waals surface area contributed by atoms with Crippen LogP contribution in [0.2, 0.25) is 0 Å². The first-order chi connectivity index (χ1) is 23.5. The van der Waals surface area contributed by atoms with Crippen molar-refractivity contribution in [1.29, 1.82) is 0 Å². The summed E-state index contributed by atoms with van der Waals surface area (Å²) in [5.74, 6) is 0. The van der Waals surface area contributed by atoms with E-state index < -0.39 is 0 Å². The molecule has 0 unspecified atom stereocenters. The summed E-state index contributed by atoms with van der Waals surface area (Å²) in [6.07, 6.45) is 3.83. The molecule has 0 aliphatic heterocycles. The number of non-ortho nitro benzene ring substituents is 2. The Kier molecular flexibility index (Phi) is 10.4. The zero-order chi connectivity index (χ0) is 33.3. The Bertz CT molecular complexity index is 1940. The van der Waals surface area contributed by atoms with E-state index in [1.54, 1.807) is 12.1 Å². The van der Waals surface area contributed by atoms with Gasteiger partial charge >= 0.3 is 0 Å². The van der Waals surface area contributed by atoms with Crippen molar-refractivity contribution in [3.8, 4) is 0 Å². The van der Waals surface area contributed by atoms with Crippen molar-refractivity contribution in [3.05, 3.63) is 105 Å². The fourth-order valence-electron chi connectivity index (χ4n) is 6.12. The number of para-hydroxylation sites is 2. The van der Waals surface area contributed by atoms with Crippen molar-refractivity contribution in [2.45, 2.75) is 25.7 Å². The highest BCUT2D eigenvalue weighted by molar-refractivity contribution is 6.12. The number of nitrogens with one attached hydrogen (secondary N) is 4. The molecule has 0 bridgehead atoms. The maximum absolute atomic E-state index is 11.8. The van der Waals surface area contributed by atoms with Crippen molar-refractivity contribution in [2.24, 2.45) is 0 Å². The number of benzene rings is 4. The van der Waals surface area contributed by atoms with Crippen LogP contribution in [-0.4, -0.2) is 59.1 Å². The molecule has 0 spiro atoms. The quantitative estimate of drug-likeness (QED) is 0.0346. The van der Waals surface area contributed by atoms with E-state index in [1.165, 1.54) is 12.1 Å². The highest BCUT2D eigenvalue weighted by atomic mass is 16.6. The number of aromatic nitrogens is 2. The van der Waals surface area contributed by atoms with Gasteiger partial charge in [0.2, 0.25) is 0 Å². The predicted molar refractivity (Wildman–Crippen MR) is 193 cm³/mol. The number of nitro groups is 2. The number of nitro benzene ring substituents is 2. The van der Waals surface area contributed by atoms with E-state index in [9.17, 15) is 20.2 Å². The van der Waals surface area contributed by atoms with E-state index in [4.69, 9.17) is 0 Å². The van der Waals surface area contributed by atoms with Gasteiger partial charge in [0.1, 0.15) is 10.8 Å². The fourth-order valence-corrected chi connectivity index (χ4v) is 6.12. The van der Waals surface area contributed by atoms with E-state index >= 15 is 0 Å². The van der Waals surface area contributed by atoms with Gasteiger partial charge in [-0.3, -0.25) is 20.2 Å². The lowest BCUT2D eigenvalue weighted by atomic mass is 10.1. The molecule has 2 aromatic heterocycles. The maximum atomic E-state index is 11.8. The first-order valence-electron chi connectivity index (χ1n) is 16.3. The van der Waals surface area contributed by atoms with E-state index in [0.717, 1.165) is 85.0 Å². The van der Waals surface area contributed by atoms with Crippen molar-refractivity contribution < 1.29 is 9.85 Å². The normalized spacial score (nSPS) is 11.4. The second-order valence-corrected chi connectivity index (χ2v) is 11.6. The number of fused-ring (bicyclic) bond motifs is 4. The van der Waals surface area contributed by atoms with Crippen LogP contribution in [0.4, 0.5) is 22.7 Å². The molecule has 0 radical (unpaired) electrons. The third-order valence-corrected chi connectivity index (χ3v) is 8.38. The highest BCUT2D eigenvalue weighted by Gasteiger charge is 2.20. The topological polar surface area (TPSA) is 160 Å². The van der Waals surface area contributed by atoms with Gasteiger partial charge in [-0.25, -0.2) is 9.97 Å². The number of rotatable bonds is 17. The molecular formula is C36H38N8O4. The van der Waals surface area contributed by atoms with Crippen LogP contribution in [0.3, 0.4) is 0 Å². The molecule has 6 aromatic rings. The summed E-state index contributed by atoms with van der Waals surface area (Å²) in [7, 11) is 0. The van der Waals surface area contributed by atoms with Gasteiger partial charge in [0.15, 0.2) is 0 Å². The van der Waals surface area contributed by atoms with E-state index in [-0.39, 0.29) is 21.2 Å². The van der Waals surface area contributed by atoms with Gasteiger partial charge in [0.25, 0.3) is 11.4 Å². The lowest BCUT2D eigenvalue weighted by Gasteiger charge is -2.14. The minimum absolute atomic E-state index is 0.0542. The minimum Gasteiger partial charge on any atom is -0.384 e. The van der Waals surface area contributed by atoms with Crippen molar-refractivity contribution in [3.63, 3.8) is 0 Å². The molecule has 0 aliphatic rings. The van der Waals surface area contributed by atoms with E-state index in [0.29, 0.717) is 34.9 Å². The third kappa shape index (κ3) is 7.24. The number of anilines is 2. The molecule has 6 rings (SSSR count). The maximum Gasteiger partial charge on any atom is 0.280 e. The van der Waals surface area contributed by atoms with Gasteiger partial charge in [-0.15, -0.1) is 0 Å². The molecule has 0 amide bonds. The Balaban J connectivity index is 0.899. The minimum atomic E-state index is -0.348. The monoisotopic (exact) mass is 646 g/mol. The summed E-state index contributed by atoms with van der Waals surface area (Å²) in [5, 5.41) is 40.3. The predicted octanol–water partition coefficient (Wildman–Crippen LogP) is 7.17. The highest BCUT2D eigenvalue weighted by Crippen LogP contribution is 2.37. The molecule has 2 heterocycles. The Morgan fingerprint density at radius 2 is 0.875 bits per heavy atom. The summed E-state index contributed by atoms with van der Waals surface area (Å²) in [6.45, 7) is 4.86. The molecule has 0 saturated heterocycles. The SMILES string of the molecule is O=[N+]([O-])c1cccc2nc3ccccc3c(NCCCNCCCCNCCCNc3c4ccccc4nc4cccc([N+](=O)[O-])c34)c12. The summed E-state index contributed by atoms with van der Waals surface area (Å²) >= 11 is 0. The van der Waals surface area contributed by atoms with Crippen LogP contribution in [0, 0.1) is 20.2 Å². The molecular weight excluding hydrogens is 608 g/mol. The van der Waals surface area contributed by atoms with Gasteiger partial charge in [-0.2, -0.15) is 0 Å². The molecule has 12 heteroatoms.